The Morgan fingerprint density at radius 2 is 1.00 bits per heavy atom. The molecule has 0 aromatic carbocycles. The quantitative estimate of drug-likeness (QED) is 0.498. The van der Waals surface area contributed by atoms with E-state index in [1.165, 1.54) is 0 Å². The Kier molecular flexibility index (Phi) is 304. The molecule has 0 heterocycles. The summed E-state index contributed by atoms with van der Waals surface area (Å²) < 4.78 is 0. The summed E-state index contributed by atoms with van der Waals surface area (Å²) in [6.07, 6.45) is 0. The minimum absolute atomic E-state index is 0. The van der Waals surface area contributed by atoms with Crippen molar-refractivity contribution in [3.8, 4) is 0 Å². The summed E-state index contributed by atoms with van der Waals surface area (Å²) in [5.74, 6) is 0. The maximum atomic E-state index is 0. The van der Waals surface area contributed by atoms with Crippen LogP contribution in [0.5, 0.6) is 0 Å². The van der Waals surface area contributed by atoms with Crippen molar-refractivity contribution in [2.24, 2.45) is 0 Å². The summed E-state index contributed by atoms with van der Waals surface area (Å²) in [6.45, 7) is 0. The molecular formula is H3ClORuZn. The third-order valence-electron chi connectivity index (χ3n) is 0. The van der Waals surface area contributed by atoms with E-state index in [4.69, 9.17) is 0 Å². The molecule has 0 fully saturated rings. The van der Waals surface area contributed by atoms with Crippen molar-refractivity contribution in [3.63, 3.8) is 0 Å². The molecule has 0 rings (SSSR count). The average Bonchev–Trinajstić information content (AvgIpc) is 0. The van der Waals surface area contributed by atoms with Gasteiger partial charge in [0.05, 0.1) is 0 Å². The maximum Gasteiger partial charge on any atom is 0 e. The van der Waals surface area contributed by atoms with Crippen LogP contribution < -0.4 is 0 Å². The second-order valence-electron chi connectivity index (χ2n) is 0. The van der Waals surface area contributed by atoms with Crippen LogP contribution in [0.25, 0.3) is 0 Å². The van der Waals surface area contributed by atoms with Crippen LogP contribution in [0.2, 0.25) is 0 Å². The zero-order chi connectivity index (χ0) is 0. The largest absolute Gasteiger partial charge is 0.412 e. The fourth-order valence-electron chi connectivity index (χ4n) is 0. The summed E-state index contributed by atoms with van der Waals surface area (Å²) in [5.41, 5.74) is 0. The Labute approximate surface area is 56.8 Å². The Balaban J connectivity index is 0. The van der Waals surface area contributed by atoms with Crippen molar-refractivity contribution in [3.05, 3.63) is 0 Å². The first-order chi connectivity index (χ1) is 0. The molecule has 0 aromatic rings. The zero-order valence-electron chi connectivity index (χ0n) is 1.97. The van der Waals surface area contributed by atoms with Gasteiger partial charge in [-0.1, -0.05) is 0 Å². The molecule has 0 amide bonds. The number of rotatable bonds is 0. The Bertz CT molecular complexity index is 8.00. The number of hydrogen-bond acceptors (Lipinski definition) is 0. The van der Waals surface area contributed by atoms with Crippen molar-refractivity contribution in [2.45, 2.75) is 0 Å². The fraction of sp³-hybridized carbons (Fsp3) is 0. The Morgan fingerprint density at radius 3 is 1.00 bits per heavy atom. The molecule has 0 saturated heterocycles. The first-order valence-corrected chi connectivity index (χ1v) is 0. The van der Waals surface area contributed by atoms with E-state index in [0.29, 0.717) is 0 Å². The molecule has 2 N–H and O–H groups in total. The molecule has 0 spiro atoms. The molecule has 0 radical (unpaired) electrons. The Hall–Kier alpha value is 1.50. The van der Waals surface area contributed by atoms with E-state index in [2.05, 4.69) is 0 Å². The topological polar surface area (TPSA) is 31.5 Å². The molecule has 0 atom stereocenters. The standard InChI is InChI=1S/ClH.H2O.Ru.Zn/h1H;1H2;;. The van der Waals surface area contributed by atoms with Crippen molar-refractivity contribution < 1.29 is 44.4 Å². The molecule has 26 valence electrons. The van der Waals surface area contributed by atoms with E-state index < -0.39 is 0 Å². The summed E-state index contributed by atoms with van der Waals surface area (Å²) in [6, 6.07) is 0. The van der Waals surface area contributed by atoms with E-state index in [1.54, 1.807) is 0 Å². The van der Waals surface area contributed by atoms with Gasteiger partial charge in [0.1, 0.15) is 0 Å². The van der Waals surface area contributed by atoms with Gasteiger partial charge in [-0.2, -0.15) is 0 Å². The van der Waals surface area contributed by atoms with Gasteiger partial charge in [-0.3, -0.25) is 0 Å². The zero-order valence-corrected chi connectivity index (χ0v) is 7.49. The van der Waals surface area contributed by atoms with Crippen molar-refractivity contribution in [1.29, 1.82) is 0 Å². The molecular weight excluding hydrogens is 218 g/mol. The normalized spacial score (nSPS) is 0. The third-order valence-corrected chi connectivity index (χ3v) is 0. The monoisotopic (exact) mass is 220 g/mol. The van der Waals surface area contributed by atoms with Gasteiger partial charge in [0, 0.05) is 39.0 Å². The SMILES string of the molecule is Cl.O.[Ru].[Zn]. The van der Waals surface area contributed by atoms with Crippen molar-refractivity contribution in [2.75, 3.05) is 0 Å². The maximum absolute atomic E-state index is 0. The second kappa shape index (κ2) is 24.5. The van der Waals surface area contributed by atoms with Gasteiger partial charge < -0.3 is 5.48 Å². The van der Waals surface area contributed by atoms with Gasteiger partial charge >= 0.3 is 0 Å². The van der Waals surface area contributed by atoms with E-state index in [9.17, 15) is 0 Å². The first-order valence-electron chi connectivity index (χ1n) is 0. The molecule has 0 aliphatic heterocycles. The molecule has 0 aliphatic carbocycles. The summed E-state index contributed by atoms with van der Waals surface area (Å²) in [4.78, 5) is 0. The second-order valence-corrected chi connectivity index (χ2v) is 0. The van der Waals surface area contributed by atoms with Gasteiger partial charge in [0.15, 0.2) is 0 Å². The van der Waals surface area contributed by atoms with Crippen LogP contribution in [0.15, 0.2) is 0 Å². The van der Waals surface area contributed by atoms with Crippen LogP contribution in [0.3, 0.4) is 0 Å². The molecule has 0 aliphatic rings. The van der Waals surface area contributed by atoms with Crippen LogP contribution in [0.4, 0.5) is 0 Å². The summed E-state index contributed by atoms with van der Waals surface area (Å²) in [7, 11) is 0. The van der Waals surface area contributed by atoms with Crippen LogP contribution >= 0.6 is 12.4 Å². The summed E-state index contributed by atoms with van der Waals surface area (Å²) >= 11 is 0. The predicted octanol–water partition coefficient (Wildman–Crippen LogP) is -0.408. The van der Waals surface area contributed by atoms with Gasteiger partial charge in [0.25, 0.3) is 0 Å². The first kappa shape index (κ1) is 49.6. The van der Waals surface area contributed by atoms with E-state index >= 15 is 0 Å². The van der Waals surface area contributed by atoms with Gasteiger partial charge in [-0.05, 0) is 0 Å². The predicted molar refractivity (Wildman–Crippen MR) is 10.9 cm³/mol. The van der Waals surface area contributed by atoms with Crippen molar-refractivity contribution in [1.82, 2.24) is 0 Å². The molecule has 0 saturated carbocycles. The Morgan fingerprint density at radius 1 is 1.00 bits per heavy atom. The minimum atomic E-state index is 0. The van der Waals surface area contributed by atoms with Gasteiger partial charge in [0.2, 0.25) is 0 Å². The van der Waals surface area contributed by atoms with E-state index in [1.807, 2.05) is 0 Å². The van der Waals surface area contributed by atoms with Crippen LogP contribution in [0.1, 0.15) is 0 Å². The van der Waals surface area contributed by atoms with E-state index in [0.717, 1.165) is 0 Å². The molecule has 0 aromatic heterocycles. The third kappa shape index (κ3) is 9.73. The molecule has 4 heteroatoms. The van der Waals surface area contributed by atoms with Crippen molar-refractivity contribution >= 4 is 12.4 Å². The van der Waals surface area contributed by atoms with Gasteiger partial charge in [-0.15, -0.1) is 12.4 Å². The van der Waals surface area contributed by atoms with E-state index in [-0.39, 0.29) is 56.8 Å². The van der Waals surface area contributed by atoms with Gasteiger partial charge in [-0.25, -0.2) is 0 Å². The minimum Gasteiger partial charge on any atom is -0.412 e. The van der Waals surface area contributed by atoms with Crippen LogP contribution in [-0.4, -0.2) is 5.48 Å². The molecule has 4 heavy (non-hydrogen) atoms. The molecule has 0 bridgehead atoms. The summed E-state index contributed by atoms with van der Waals surface area (Å²) in [5, 5.41) is 0. The average molecular weight is 221 g/mol. The molecule has 0 unspecified atom stereocenters. The molecule has 1 nitrogen and oxygen atoms in total. The number of hydrogen-bond donors (Lipinski definition) is 0. The fourth-order valence-corrected chi connectivity index (χ4v) is 0. The van der Waals surface area contributed by atoms with Crippen LogP contribution in [-0.2, 0) is 39.0 Å². The van der Waals surface area contributed by atoms with Crippen LogP contribution in [0, 0.1) is 0 Å². The number of halogens is 1. The smallest absolute Gasteiger partial charge is 0 e.